The second-order valence-electron chi connectivity index (χ2n) is 5.19. The Labute approximate surface area is 162 Å². The van der Waals surface area contributed by atoms with Crippen LogP contribution in [0.1, 0.15) is 17.4 Å². The molecular formula is C17H17F3N3O6+. The summed E-state index contributed by atoms with van der Waals surface area (Å²) in [4.78, 5) is 31.8. The molecule has 2 aromatic rings. The van der Waals surface area contributed by atoms with Crippen molar-refractivity contribution in [1.82, 2.24) is 10.2 Å². The van der Waals surface area contributed by atoms with Crippen LogP contribution >= 0.6 is 0 Å². The molecule has 0 aliphatic heterocycles. The van der Waals surface area contributed by atoms with Crippen LogP contribution in [0.4, 0.5) is 13.2 Å². The molecule has 2 rings (SSSR count). The summed E-state index contributed by atoms with van der Waals surface area (Å²) in [5.74, 6) is -3.59. The van der Waals surface area contributed by atoms with Crippen LogP contribution in [-0.4, -0.2) is 53.1 Å². The number of alkyl halides is 3. The molecule has 0 amide bonds. The normalized spacial score (nSPS) is 10.4. The second-order valence-corrected chi connectivity index (χ2v) is 5.19. The number of hydrogen-bond donors (Lipinski definition) is 1. The minimum Gasteiger partial charge on any atom is -0.475 e. The number of carbonyl (C=O) groups is 3. The minimum atomic E-state index is -5.08. The lowest BCUT2D eigenvalue weighted by atomic mass is 10.1. The average Bonchev–Trinajstić information content (AvgIpc) is 2.68. The van der Waals surface area contributed by atoms with Gasteiger partial charge in [0.05, 0.1) is 19.9 Å². The van der Waals surface area contributed by atoms with Crippen molar-refractivity contribution in [3.63, 3.8) is 0 Å². The molecule has 0 radical (unpaired) electrons. The van der Waals surface area contributed by atoms with E-state index in [-0.39, 0.29) is 24.8 Å². The zero-order valence-corrected chi connectivity index (χ0v) is 15.3. The number of carboxylic acid groups (broad SMARTS) is 1. The molecule has 0 spiro atoms. The van der Waals surface area contributed by atoms with Gasteiger partial charge in [-0.25, -0.2) is 14.4 Å². The SMILES string of the molecule is CCOC(=O)c1cc(-c2cc[n+](CC(=O)OC)cc2)cnn1.O=C(O)C(F)(F)F. The highest BCUT2D eigenvalue weighted by Gasteiger charge is 2.38. The van der Waals surface area contributed by atoms with Gasteiger partial charge in [-0.05, 0) is 18.6 Å². The van der Waals surface area contributed by atoms with Crippen molar-refractivity contribution in [3.05, 3.63) is 42.5 Å². The number of rotatable bonds is 5. The minimum absolute atomic E-state index is 0.138. The average molecular weight is 416 g/mol. The van der Waals surface area contributed by atoms with Crippen LogP contribution in [0, 0.1) is 0 Å². The van der Waals surface area contributed by atoms with E-state index in [1.807, 2.05) is 12.1 Å². The maximum Gasteiger partial charge on any atom is 0.490 e. The van der Waals surface area contributed by atoms with Gasteiger partial charge in [-0.1, -0.05) is 0 Å². The van der Waals surface area contributed by atoms with Gasteiger partial charge in [0.15, 0.2) is 18.1 Å². The molecular weight excluding hydrogens is 399 g/mol. The lowest BCUT2D eigenvalue weighted by Gasteiger charge is -2.03. The maximum atomic E-state index is 11.7. The highest BCUT2D eigenvalue weighted by Crippen LogP contribution is 2.17. The molecule has 29 heavy (non-hydrogen) atoms. The van der Waals surface area contributed by atoms with Gasteiger partial charge in [-0.15, -0.1) is 5.10 Å². The molecule has 1 N–H and O–H groups in total. The highest BCUT2D eigenvalue weighted by atomic mass is 19.4. The van der Waals surface area contributed by atoms with Crippen LogP contribution in [0.3, 0.4) is 0 Å². The predicted molar refractivity (Wildman–Crippen MR) is 89.3 cm³/mol. The van der Waals surface area contributed by atoms with E-state index >= 15 is 0 Å². The van der Waals surface area contributed by atoms with Gasteiger partial charge < -0.3 is 14.6 Å². The number of pyridine rings is 1. The van der Waals surface area contributed by atoms with Crippen LogP contribution in [0.25, 0.3) is 11.1 Å². The molecule has 2 aromatic heterocycles. The largest absolute Gasteiger partial charge is 0.490 e. The fourth-order valence-electron chi connectivity index (χ4n) is 1.80. The van der Waals surface area contributed by atoms with Crippen LogP contribution in [0.15, 0.2) is 36.8 Å². The number of hydrogen-bond acceptors (Lipinski definition) is 7. The standard InChI is InChI=1S/C15H16N3O4.C2HF3O2/c1-3-22-15(20)13-8-12(9-16-17-13)11-4-6-18(7-5-11)10-14(19)21-2;3-2(4,5)1(6)7/h4-9H,3,10H2,1-2H3;(H,6,7)/q+1;. The molecule has 0 fully saturated rings. The zero-order valence-electron chi connectivity index (χ0n) is 15.3. The topological polar surface area (TPSA) is 120 Å². The first kappa shape index (κ1) is 23.5. The van der Waals surface area contributed by atoms with Crippen LogP contribution in [-0.2, 0) is 25.6 Å². The van der Waals surface area contributed by atoms with Crippen molar-refractivity contribution in [2.75, 3.05) is 13.7 Å². The molecule has 0 saturated carbocycles. The molecule has 12 heteroatoms. The van der Waals surface area contributed by atoms with Crippen LogP contribution in [0.5, 0.6) is 0 Å². The number of esters is 2. The van der Waals surface area contributed by atoms with Crippen molar-refractivity contribution in [2.24, 2.45) is 0 Å². The predicted octanol–water partition coefficient (Wildman–Crippen LogP) is 1.41. The lowest BCUT2D eigenvalue weighted by molar-refractivity contribution is -0.685. The number of aliphatic carboxylic acids is 1. The Hall–Kier alpha value is -3.57. The third kappa shape index (κ3) is 7.91. The zero-order chi connectivity index (χ0) is 22.0. The van der Waals surface area contributed by atoms with Gasteiger partial charge in [0.2, 0.25) is 6.54 Å². The summed E-state index contributed by atoms with van der Waals surface area (Å²) in [6.07, 6.45) is -0.0316. The molecule has 9 nitrogen and oxygen atoms in total. The van der Waals surface area contributed by atoms with Crippen molar-refractivity contribution >= 4 is 17.9 Å². The molecule has 0 aliphatic carbocycles. The molecule has 0 atom stereocenters. The summed E-state index contributed by atoms with van der Waals surface area (Å²) >= 11 is 0. The Morgan fingerprint density at radius 1 is 1.17 bits per heavy atom. The van der Waals surface area contributed by atoms with E-state index in [0.717, 1.165) is 11.1 Å². The number of aromatic nitrogens is 3. The lowest BCUT2D eigenvalue weighted by Crippen LogP contribution is -2.37. The summed E-state index contributed by atoms with van der Waals surface area (Å²) in [6, 6.07) is 5.24. The molecule has 0 saturated heterocycles. The fourth-order valence-corrected chi connectivity index (χ4v) is 1.80. The van der Waals surface area contributed by atoms with E-state index in [1.165, 1.54) is 7.11 Å². The monoisotopic (exact) mass is 416 g/mol. The van der Waals surface area contributed by atoms with Gasteiger partial charge in [-0.3, -0.25) is 0 Å². The molecule has 0 aliphatic rings. The summed E-state index contributed by atoms with van der Waals surface area (Å²) < 4.78 is 42.9. The third-order valence-corrected chi connectivity index (χ3v) is 3.15. The van der Waals surface area contributed by atoms with Gasteiger partial charge in [0.25, 0.3) is 0 Å². The number of methoxy groups -OCH3 is 1. The van der Waals surface area contributed by atoms with Crippen molar-refractivity contribution in [3.8, 4) is 11.1 Å². The second kappa shape index (κ2) is 10.7. The third-order valence-electron chi connectivity index (χ3n) is 3.15. The Morgan fingerprint density at radius 2 is 1.76 bits per heavy atom. The van der Waals surface area contributed by atoms with Crippen molar-refractivity contribution < 1.29 is 46.7 Å². The molecule has 2 heterocycles. The van der Waals surface area contributed by atoms with Gasteiger partial charge in [0.1, 0.15) is 0 Å². The first-order chi connectivity index (χ1) is 13.6. The molecule has 156 valence electrons. The van der Waals surface area contributed by atoms with Crippen LogP contribution in [0.2, 0.25) is 0 Å². The molecule has 0 bridgehead atoms. The van der Waals surface area contributed by atoms with Crippen LogP contribution < -0.4 is 4.57 Å². The summed E-state index contributed by atoms with van der Waals surface area (Å²) in [7, 11) is 1.34. The number of ether oxygens (including phenoxy) is 2. The maximum absolute atomic E-state index is 11.7. The first-order valence-electron chi connectivity index (χ1n) is 7.94. The van der Waals surface area contributed by atoms with E-state index < -0.39 is 18.1 Å². The first-order valence-corrected chi connectivity index (χ1v) is 7.94. The highest BCUT2D eigenvalue weighted by molar-refractivity contribution is 5.88. The summed E-state index contributed by atoms with van der Waals surface area (Å²) in [6.45, 7) is 2.15. The quantitative estimate of drug-likeness (QED) is 0.574. The molecule has 0 unspecified atom stereocenters. The smallest absolute Gasteiger partial charge is 0.475 e. The van der Waals surface area contributed by atoms with E-state index in [9.17, 15) is 22.8 Å². The van der Waals surface area contributed by atoms with E-state index in [4.69, 9.17) is 14.6 Å². The summed E-state index contributed by atoms with van der Waals surface area (Å²) in [5.41, 5.74) is 1.75. The van der Waals surface area contributed by atoms with Gasteiger partial charge in [0, 0.05) is 17.7 Å². The van der Waals surface area contributed by atoms with E-state index in [2.05, 4.69) is 14.9 Å². The number of halogens is 3. The Balaban J connectivity index is 0.000000516. The summed E-state index contributed by atoms with van der Waals surface area (Å²) in [5, 5.41) is 14.7. The van der Waals surface area contributed by atoms with Gasteiger partial charge >= 0.3 is 24.1 Å². The van der Waals surface area contributed by atoms with E-state index in [0.29, 0.717) is 0 Å². The number of carbonyl (C=O) groups excluding carboxylic acids is 2. The Kier molecular flexibility index (Phi) is 8.65. The van der Waals surface area contributed by atoms with E-state index in [1.54, 1.807) is 36.1 Å². The van der Waals surface area contributed by atoms with Crippen molar-refractivity contribution in [1.29, 1.82) is 0 Å². The Bertz CT molecular complexity index is 856. The molecule has 0 aromatic carbocycles. The number of nitrogens with zero attached hydrogens (tertiary/aromatic N) is 3. The van der Waals surface area contributed by atoms with Crippen molar-refractivity contribution in [2.45, 2.75) is 19.6 Å². The fraction of sp³-hybridized carbons (Fsp3) is 0.294. The number of carboxylic acids is 1. The van der Waals surface area contributed by atoms with Gasteiger partial charge in [-0.2, -0.15) is 22.8 Å². The Morgan fingerprint density at radius 3 is 2.24 bits per heavy atom.